The highest BCUT2D eigenvalue weighted by Gasteiger charge is 2.36. The molecule has 0 aromatic heterocycles. The lowest BCUT2D eigenvalue weighted by molar-refractivity contribution is -0.142. The van der Waals surface area contributed by atoms with Crippen LogP contribution in [0.25, 0.3) is 0 Å². The van der Waals surface area contributed by atoms with E-state index in [0.29, 0.717) is 18.8 Å². The van der Waals surface area contributed by atoms with Gasteiger partial charge in [-0.3, -0.25) is 4.79 Å². The minimum Gasteiger partial charge on any atom is -0.481 e. The second-order valence-corrected chi connectivity index (χ2v) is 6.86. The van der Waals surface area contributed by atoms with Gasteiger partial charge in [-0.1, -0.05) is 19.1 Å². The highest BCUT2D eigenvalue weighted by atomic mass is 32.2. The average Bonchev–Trinajstić information content (AvgIpc) is 2.81. The van der Waals surface area contributed by atoms with Crippen LogP contribution >= 0.6 is 0 Å². The number of benzene rings is 1. The van der Waals surface area contributed by atoms with Crippen LogP contribution in [-0.2, 0) is 14.8 Å². The quantitative estimate of drug-likeness (QED) is 0.856. The molecule has 0 radical (unpaired) electrons. The van der Waals surface area contributed by atoms with Crippen LogP contribution in [0.4, 0.5) is 5.69 Å². The number of rotatable bonds is 4. The molecule has 0 amide bonds. The second-order valence-electron chi connectivity index (χ2n) is 5.00. The van der Waals surface area contributed by atoms with E-state index in [2.05, 4.69) is 4.72 Å². The number of aliphatic carboxylic acids is 1. The summed E-state index contributed by atoms with van der Waals surface area (Å²) in [5.74, 6) is -1.33. The van der Waals surface area contributed by atoms with Crippen LogP contribution in [0.15, 0.2) is 29.2 Å². The fourth-order valence-corrected chi connectivity index (χ4v) is 3.49. The first-order valence-corrected chi connectivity index (χ1v) is 7.85. The van der Waals surface area contributed by atoms with E-state index in [1.807, 2.05) is 11.8 Å². The third kappa shape index (κ3) is 2.64. The Morgan fingerprint density at radius 1 is 1.35 bits per heavy atom. The maximum Gasteiger partial charge on any atom is 0.308 e. The molecule has 1 aliphatic heterocycles. The summed E-state index contributed by atoms with van der Waals surface area (Å²) in [5, 5.41) is 9.17. The highest BCUT2D eigenvalue weighted by Crippen LogP contribution is 2.32. The SMILES string of the molecule is CNS(=O)(=O)c1ccccc1N1C[C@@H](C)[C@H](C(=O)O)C1. The Labute approximate surface area is 118 Å². The zero-order valence-corrected chi connectivity index (χ0v) is 12.2. The first-order valence-electron chi connectivity index (χ1n) is 6.37. The lowest BCUT2D eigenvalue weighted by atomic mass is 9.99. The lowest BCUT2D eigenvalue weighted by Crippen LogP contribution is -2.26. The number of para-hydroxylation sites is 1. The first-order chi connectivity index (χ1) is 9.36. The first kappa shape index (κ1) is 14.8. The Kier molecular flexibility index (Phi) is 4.01. The zero-order valence-electron chi connectivity index (χ0n) is 11.4. The van der Waals surface area contributed by atoms with Crippen LogP contribution < -0.4 is 9.62 Å². The van der Waals surface area contributed by atoms with Gasteiger partial charge in [-0.05, 0) is 25.1 Å². The van der Waals surface area contributed by atoms with Crippen molar-refractivity contribution in [1.82, 2.24) is 4.72 Å². The number of nitrogens with one attached hydrogen (secondary N) is 1. The number of carboxylic acid groups (broad SMARTS) is 1. The molecule has 1 saturated heterocycles. The smallest absolute Gasteiger partial charge is 0.308 e. The van der Waals surface area contributed by atoms with Crippen molar-refractivity contribution >= 4 is 21.7 Å². The van der Waals surface area contributed by atoms with Gasteiger partial charge >= 0.3 is 5.97 Å². The summed E-state index contributed by atoms with van der Waals surface area (Å²) in [5.41, 5.74) is 0.553. The molecular formula is C13H18N2O4S. The largest absolute Gasteiger partial charge is 0.481 e. The predicted molar refractivity (Wildman–Crippen MR) is 75.2 cm³/mol. The van der Waals surface area contributed by atoms with Crippen molar-refractivity contribution in [3.05, 3.63) is 24.3 Å². The van der Waals surface area contributed by atoms with E-state index in [9.17, 15) is 13.2 Å². The van der Waals surface area contributed by atoms with Crippen molar-refractivity contribution < 1.29 is 18.3 Å². The van der Waals surface area contributed by atoms with Crippen LogP contribution in [0.3, 0.4) is 0 Å². The van der Waals surface area contributed by atoms with Crippen molar-refractivity contribution in [1.29, 1.82) is 0 Å². The molecule has 0 aliphatic carbocycles. The second kappa shape index (κ2) is 5.41. The van der Waals surface area contributed by atoms with Crippen molar-refractivity contribution in [3.8, 4) is 0 Å². The van der Waals surface area contributed by atoms with Gasteiger partial charge in [0.15, 0.2) is 0 Å². The van der Waals surface area contributed by atoms with E-state index in [1.165, 1.54) is 13.1 Å². The molecule has 0 saturated carbocycles. The van der Waals surface area contributed by atoms with Gasteiger partial charge in [-0.25, -0.2) is 13.1 Å². The molecule has 1 heterocycles. The zero-order chi connectivity index (χ0) is 14.9. The van der Waals surface area contributed by atoms with Crippen LogP contribution in [0, 0.1) is 11.8 Å². The summed E-state index contributed by atoms with van der Waals surface area (Å²) in [6.07, 6.45) is 0. The molecule has 1 aromatic rings. The van der Waals surface area contributed by atoms with E-state index < -0.39 is 21.9 Å². The fraction of sp³-hybridized carbons (Fsp3) is 0.462. The van der Waals surface area contributed by atoms with E-state index in [4.69, 9.17) is 5.11 Å². The molecule has 2 rings (SSSR count). The van der Waals surface area contributed by atoms with E-state index >= 15 is 0 Å². The minimum atomic E-state index is -3.56. The number of sulfonamides is 1. The molecule has 110 valence electrons. The van der Waals surface area contributed by atoms with Crippen molar-refractivity contribution in [3.63, 3.8) is 0 Å². The summed E-state index contributed by atoms with van der Waals surface area (Å²) in [6, 6.07) is 6.64. The third-order valence-corrected chi connectivity index (χ3v) is 5.16. The molecule has 1 aromatic carbocycles. The van der Waals surface area contributed by atoms with Gasteiger partial charge in [-0.2, -0.15) is 0 Å². The summed E-state index contributed by atoms with van der Waals surface area (Å²) in [4.78, 5) is 13.2. The molecule has 0 bridgehead atoms. The number of hydrogen-bond acceptors (Lipinski definition) is 4. The van der Waals surface area contributed by atoms with Crippen LogP contribution in [-0.4, -0.2) is 39.6 Å². The van der Waals surface area contributed by atoms with Gasteiger partial charge in [-0.15, -0.1) is 0 Å². The van der Waals surface area contributed by atoms with Crippen LogP contribution in [0.2, 0.25) is 0 Å². The fourth-order valence-electron chi connectivity index (χ4n) is 2.54. The number of hydrogen-bond donors (Lipinski definition) is 2. The summed E-state index contributed by atoms with van der Waals surface area (Å²) in [7, 11) is -2.20. The Balaban J connectivity index is 2.38. The minimum absolute atomic E-state index is 0.0159. The van der Waals surface area contributed by atoms with Gasteiger partial charge in [0.25, 0.3) is 0 Å². The van der Waals surface area contributed by atoms with Gasteiger partial charge in [0.2, 0.25) is 10.0 Å². The van der Waals surface area contributed by atoms with Gasteiger partial charge < -0.3 is 10.0 Å². The molecule has 0 spiro atoms. The maximum atomic E-state index is 12.0. The molecule has 0 unspecified atom stereocenters. The topological polar surface area (TPSA) is 86.7 Å². The number of carboxylic acids is 1. The van der Waals surface area contributed by atoms with Gasteiger partial charge in [0.05, 0.1) is 11.6 Å². The Morgan fingerprint density at radius 2 is 2.00 bits per heavy atom. The van der Waals surface area contributed by atoms with Crippen LogP contribution in [0.1, 0.15) is 6.92 Å². The normalized spacial score (nSPS) is 23.0. The molecule has 1 aliphatic rings. The maximum absolute atomic E-state index is 12.0. The molecule has 1 fully saturated rings. The Bertz CT molecular complexity index is 615. The molecule has 2 atom stereocenters. The average molecular weight is 298 g/mol. The molecule has 20 heavy (non-hydrogen) atoms. The highest BCUT2D eigenvalue weighted by molar-refractivity contribution is 7.89. The number of carbonyl (C=O) groups is 1. The van der Waals surface area contributed by atoms with E-state index in [0.717, 1.165) is 0 Å². The molecule has 7 heteroatoms. The standard InChI is InChI=1S/C13H18N2O4S/c1-9-7-15(8-10(9)13(16)17)11-5-3-4-6-12(11)20(18,19)14-2/h3-6,9-10,14H,7-8H2,1-2H3,(H,16,17)/t9-,10-/m1/s1. The lowest BCUT2D eigenvalue weighted by Gasteiger charge is -2.21. The third-order valence-electron chi connectivity index (χ3n) is 3.69. The summed E-state index contributed by atoms with van der Waals surface area (Å²) >= 11 is 0. The monoisotopic (exact) mass is 298 g/mol. The van der Waals surface area contributed by atoms with Crippen LogP contribution in [0.5, 0.6) is 0 Å². The predicted octanol–water partition coefficient (Wildman–Crippen LogP) is 0.752. The summed E-state index contributed by atoms with van der Waals surface area (Å²) < 4.78 is 26.3. The molecule has 6 nitrogen and oxygen atoms in total. The Morgan fingerprint density at radius 3 is 2.55 bits per heavy atom. The summed E-state index contributed by atoms with van der Waals surface area (Å²) in [6.45, 7) is 2.73. The van der Waals surface area contributed by atoms with E-state index in [-0.39, 0.29) is 10.8 Å². The van der Waals surface area contributed by atoms with Gasteiger partial charge in [0.1, 0.15) is 4.90 Å². The molecule has 2 N–H and O–H groups in total. The van der Waals surface area contributed by atoms with E-state index in [1.54, 1.807) is 18.2 Å². The number of anilines is 1. The van der Waals surface area contributed by atoms with Gasteiger partial charge in [0, 0.05) is 13.1 Å². The molecular weight excluding hydrogens is 280 g/mol. The number of nitrogens with zero attached hydrogens (tertiary/aromatic N) is 1. The van der Waals surface area contributed by atoms with Crippen molar-refractivity contribution in [2.24, 2.45) is 11.8 Å². The van der Waals surface area contributed by atoms with Crippen molar-refractivity contribution in [2.75, 3.05) is 25.0 Å². The van der Waals surface area contributed by atoms with Crippen molar-refractivity contribution in [2.45, 2.75) is 11.8 Å². The Hall–Kier alpha value is -1.60.